The van der Waals surface area contributed by atoms with Crippen molar-refractivity contribution in [3.63, 3.8) is 0 Å². The van der Waals surface area contributed by atoms with Gasteiger partial charge in [0, 0.05) is 19.2 Å². The highest BCUT2D eigenvalue weighted by atomic mass is 28.3. The van der Waals surface area contributed by atoms with Crippen LogP contribution in [0.1, 0.15) is 30.1 Å². The molecule has 1 rings (SSSR count). The van der Waals surface area contributed by atoms with Crippen molar-refractivity contribution in [3.05, 3.63) is 41.2 Å². The molecule has 0 unspecified atom stereocenters. The predicted molar refractivity (Wildman–Crippen MR) is 85.2 cm³/mol. The molecule has 0 aliphatic heterocycles. The van der Waals surface area contributed by atoms with Crippen molar-refractivity contribution in [2.75, 3.05) is 0 Å². The number of benzene rings is 1. The van der Waals surface area contributed by atoms with Crippen LogP contribution in [0.15, 0.2) is 35.6 Å². The van der Waals surface area contributed by atoms with Gasteiger partial charge in [-0.2, -0.15) is 0 Å². The summed E-state index contributed by atoms with van der Waals surface area (Å²) < 4.78 is 0. The van der Waals surface area contributed by atoms with E-state index in [1.165, 1.54) is 12.1 Å². The lowest BCUT2D eigenvalue weighted by molar-refractivity contribution is 0.102. The first-order valence-corrected chi connectivity index (χ1v) is 10.6. The van der Waals surface area contributed by atoms with Gasteiger partial charge in [0.05, 0.1) is 5.76 Å². The van der Waals surface area contributed by atoms with Crippen LogP contribution in [0.2, 0.25) is 25.7 Å². The first-order chi connectivity index (χ1) is 9.20. The first-order valence-electron chi connectivity index (χ1n) is 6.93. The van der Waals surface area contributed by atoms with Crippen LogP contribution in [0.3, 0.4) is 0 Å². The van der Waals surface area contributed by atoms with Gasteiger partial charge >= 0.3 is 0 Å². The molecule has 0 heterocycles. The van der Waals surface area contributed by atoms with Crippen molar-refractivity contribution in [2.24, 2.45) is 0 Å². The third-order valence-corrected chi connectivity index (χ3v) is 5.05. The Morgan fingerprint density at radius 2 is 1.70 bits per heavy atom. The van der Waals surface area contributed by atoms with Crippen LogP contribution in [0.5, 0.6) is 5.75 Å². The topological polar surface area (TPSA) is 57.5 Å². The second kappa shape index (κ2) is 6.75. The van der Waals surface area contributed by atoms with Crippen LogP contribution in [0.4, 0.5) is 0 Å². The number of rotatable bonds is 6. The summed E-state index contributed by atoms with van der Waals surface area (Å²) in [6.45, 7) is 8.44. The minimum Gasteiger partial charge on any atom is -0.512 e. The molecule has 0 fully saturated rings. The summed E-state index contributed by atoms with van der Waals surface area (Å²) in [5.74, 6) is 0.0748. The van der Waals surface area contributed by atoms with E-state index in [0.29, 0.717) is 17.6 Å². The number of Topliss-reactive ketones (excluding diaryl/α,β-unsaturated/α-hetero) is 1. The molecule has 3 nitrogen and oxygen atoms in total. The fourth-order valence-corrected chi connectivity index (χ4v) is 3.28. The van der Waals surface area contributed by atoms with E-state index in [1.54, 1.807) is 19.1 Å². The van der Waals surface area contributed by atoms with Crippen molar-refractivity contribution in [2.45, 2.75) is 45.5 Å². The van der Waals surface area contributed by atoms with Crippen molar-refractivity contribution in [1.29, 1.82) is 0 Å². The number of aromatic hydroxyl groups is 1. The van der Waals surface area contributed by atoms with E-state index >= 15 is 0 Å². The summed E-state index contributed by atoms with van der Waals surface area (Å²) in [6, 6.07) is 7.27. The Kier molecular flexibility index (Phi) is 5.57. The monoisotopic (exact) mass is 292 g/mol. The number of carbonyl (C=O) groups excluding carboxylic acids is 1. The number of hydrogen-bond donors (Lipinski definition) is 2. The minimum atomic E-state index is -1.13. The third-order valence-electron chi connectivity index (χ3n) is 3.19. The molecular formula is C16H24O3Si. The molecule has 110 valence electrons. The zero-order valence-corrected chi connectivity index (χ0v) is 13.7. The standard InChI is InChI=1S/C16H24O3Si/c1-12(17)15(6-5-11-20(2,3)4)16(19)13-7-9-14(18)10-8-13/h7-10,17-18H,5-6,11H2,1-4H3/b15-12-. The Hall–Kier alpha value is -1.55. The third kappa shape index (κ3) is 5.21. The van der Waals surface area contributed by atoms with Gasteiger partial charge in [0.2, 0.25) is 0 Å². The first kappa shape index (κ1) is 16.5. The van der Waals surface area contributed by atoms with Crippen LogP contribution in [-0.4, -0.2) is 24.1 Å². The largest absolute Gasteiger partial charge is 0.512 e. The second-order valence-corrected chi connectivity index (χ2v) is 12.0. The van der Waals surface area contributed by atoms with Crippen LogP contribution >= 0.6 is 0 Å². The number of aliphatic hydroxyl groups is 1. The van der Waals surface area contributed by atoms with E-state index in [1.807, 2.05) is 0 Å². The molecule has 0 saturated heterocycles. The molecular weight excluding hydrogens is 268 g/mol. The van der Waals surface area contributed by atoms with Gasteiger partial charge in [0.15, 0.2) is 5.78 Å². The van der Waals surface area contributed by atoms with Crippen LogP contribution in [-0.2, 0) is 0 Å². The molecule has 0 radical (unpaired) electrons. The SMILES string of the molecule is C/C(O)=C(\CCC[Si](C)(C)C)C(=O)c1ccc(O)cc1. The molecule has 0 aliphatic carbocycles. The van der Waals surface area contributed by atoms with Gasteiger partial charge in [0.1, 0.15) is 5.75 Å². The molecule has 20 heavy (non-hydrogen) atoms. The highest BCUT2D eigenvalue weighted by molar-refractivity contribution is 6.76. The number of phenols is 1. The Morgan fingerprint density at radius 3 is 2.15 bits per heavy atom. The molecule has 2 N–H and O–H groups in total. The molecule has 0 saturated carbocycles. The minimum absolute atomic E-state index is 0.0960. The lowest BCUT2D eigenvalue weighted by Crippen LogP contribution is -2.19. The zero-order valence-electron chi connectivity index (χ0n) is 12.7. The fraction of sp³-hybridized carbons (Fsp3) is 0.438. The average Bonchev–Trinajstić information content (AvgIpc) is 2.33. The van der Waals surface area contributed by atoms with E-state index in [9.17, 15) is 15.0 Å². The number of aliphatic hydroxyl groups excluding tert-OH is 1. The zero-order chi connectivity index (χ0) is 15.3. The lowest BCUT2D eigenvalue weighted by atomic mass is 9.99. The van der Waals surface area contributed by atoms with Crippen LogP contribution in [0.25, 0.3) is 0 Å². The highest BCUT2D eigenvalue weighted by Crippen LogP contribution is 2.22. The number of allylic oxidation sites excluding steroid dienone is 2. The number of ketones is 1. The number of phenolic OH excluding ortho intramolecular Hbond substituents is 1. The molecule has 0 atom stereocenters. The summed E-state index contributed by atoms with van der Waals surface area (Å²) in [6.07, 6.45) is 1.53. The molecule has 4 heteroatoms. The summed E-state index contributed by atoms with van der Waals surface area (Å²) >= 11 is 0. The molecule has 1 aromatic rings. The predicted octanol–water partition coefficient (Wildman–Crippen LogP) is 4.53. The molecule has 0 bridgehead atoms. The molecule has 1 aromatic carbocycles. The Balaban J connectivity index is 2.80. The van der Waals surface area contributed by atoms with E-state index in [4.69, 9.17) is 0 Å². The maximum atomic E-state index is 12.4. The maximum absolute atomic E-state index is 12.4. The lowest BCUT2D eigenvalue weighted by Gasteiger charge is -2.16. The average molecular weight is 292 g/mol. The Morgan fingerprint density at radius 1 is 1.15 bits per heavy atom. The van der Waals surface area contributed by atoms with E-state index < -0.39 is 8.07 Å². The Labute approximate surface area is 122 Å². The van der Waals surface area contributed by atoms with Gasteiger partial charge in [-0.3, -0.25) is 4.79 Å². The van der Waals surface area contributed by atoms with Gasteiger partial charge in [-0.25, -0.2) is 0 Å². The van der Waals surface area contributed by atoms with Crippen LogP contribution in [0, 0.1) is 0 Å². The van der Waals surface area contributed by atoms with Gasteiger partial charge < -0.3 is 10.2 Å². The smallest absolute Gasteiger partial charge is 0.192 e. The summed E-state index contributed by atoms with van der Waals surface area (Å²) in [5.41, 5.74) is 0.980. The summed E-state index contributed by atoms with van der Waals surface area (Å²) in [7, 11) is -1.13. The summed E-state index contributed by atoms with van der Waals surface area (Å²) in [5, 5.41) is 19.0. The highest BCUT2D eigenvalue weighted by Gasteiger charge is 2.18. The summed E-state index contributed by atoms with van der Waals surface area (Å²) in [4.78, 5) is 12.4. The van der Waals surface area contributed by atoms with Crippen molar-refractivity contribution in [1.82, 2.24) is 0 Å². The maximum Gasteiger partial charge on any atom is 0.192 e. The van der Waals surface area contributed by atoms with E-state index in [-0.39, 0.29) is 17.3 Å². The van der Waals surface area contributed by atoms with E-state index in [0.717, 1.165) is 12.5 Å². The normalized spacial score (nSPS) is 13.0. The Bertz CT molecular complexity index is 491. The number of carbonyl (C=O) groups is 1. The van der Waals surface area contributed by atoms with Crippen LogP contribution < -0.4 is 0 Å². The van der Waals surface area contributed by atoms with Gasteiger partial charge in [-0.1, -0.05) is 32.1 Å². The molecule has 0 aliphatic rings. The fourth-order valence-electron chi connectivity index (χ4n) is 2.04. The molecule has 0 aromatic heterocycles. The second-order valence-electron chi connectivity index (χ2n) is 6.35. The molecule has 0 spiro atoms. The van der Waals surface area contributed by atoms with Crippen molar-refractivity contribution in [3.8, 4) is 5.75 Å². The van der Waals surface area contributed by atoms with Gasteiger partial charge in [-0.15, -0.1) is 0 Å². The van der Waals surface area contributed by atoms with E-state index in [2.05, 4.69) is 19.6 Å². The van der Waals surface area contributed by atoms with Crippen molar-refractivity contribution >= 4 is 13.9 Å². The van der Waals surface area contributed by atoms with Gasteiger partial charge in [0.25, 0.3) is 0 Å². The van der Waals surface area contributed by atoms with Gasteiger partial charge in [-0.05, 0) is 37.6 Å². The molecule has 0 amide bonds. The van der Waals surface area contributed by atoms with Crippen molar-refractivity contribution < 1.29 is 15.0 Å². The number of hydrogen-bond acceptors (Lipinski definition) is 3. The quantitative estimate of drug-likeness (QED) is 0.350.